The Bertz CT molecular complexity index is 2420. The Kier molecular flexibility index (Phi) is 32.6. The molecule has 0 spiro atoms. The smallest absolute Gasteiger partial charge is 0.422 e. The van der Waals surface area contributed by atoms with Crippen LogP contribution in [0.2, 0.25) is 0 Å². The molecule has 2 aliphatic rings. The van der Waals surface area contributed by atoms with Crippen LogP contribution >= 0.6 is 47.4 Å². The summed E-state index contributed by atoms with van der Waals surface area (Å²) in [6.45, 7) is 14.9. The number of benzene rings is 5. The number of phenolic OH excluding ortho intramolecular Hbond substituents is 1. The van der Waals surface area contributed by atoms with Crippen LogP contribution < -0.4 is 39.8 Å². The molecule has 5 aromatic carbocycles. The van der Waals surface area contributed by atoms with Gasteiger partial charge in [0.25, 0.3) is 0 Å². The maximum Gasteiger partial charge on any atom is 0.422 e. The first-order valence-corrected chi connectivity index (χ1v) is 25.6. The van der Waals surface area contributed by atoms with Gasteiger partial charge in [-0.1, -0.05) is 42.5 Å². The summed E-state index contributed by atoms with van der Waals surface area (Å²) in [7, 11) is 0. The van der Waals surface area contributed by atoms with E-state index in [9.17, 15) is 39.9 Å². The van der Waals surface area contributed by atoms with Gasteiger partial charge in [-0.15, -0.1) is 24.8 Å². The number of nitrogens with zero attached hydrogens (tertiary/aromatic N) is 2. The summed E-state index contributed by atoms with van der Waals surface area (Å²) in [5, 5.41) is 11.3. The molecule has 22 heteroatoms. The van der Waals surface area contributed by atoms with E-state index in [4.69, 9.17) is 34.5 Å². The summed E-state index contributed by atoms with van der Waals surface area (Å²) in [5.74, 6) is -1.09. The molecule has 2 aliphatic heterocycles. The van der Waals surface area contributed by atoms with Gasteiger partial charge in [0.2, 0.25) is 0 Å². The van der Waals surface area contributed by atoms with E-state index in [0.29, 0.717) is 81.2 Å². The molecule has 2 heterocycles. The van der Waals surface area contributed by atoms with Crippen molar-refractivity contribution in [3.63, 3.8) is 0 Å². The van der Waals surface area contributed by atoms with Crippen molar-refractivity contribution < 1.29 is 68.7 Å². The van der Waals surface area contributed by atoms with Crippen LogP contribution in [0.25, 0.3) is 0 Å². The minimum absolute atomic E-state index is 0. The second-order valence-corrected chi connectivity index (χ2v) is 19.0. The van der Waals surface area contributed by atoms with Gasteiger partial charge in [-0.05, 0) is 169 Å². The van der Waals surface area contributed by atoms with Crippen molar-refractivity contribution in [2.75, 3.05) is 75.5 Å². The normalized spacial score (nSPS) is 13.4. The fourth-order valence-corrected chi connectivity index (χ4v) is 7.96. The highest BCUT2D eigenvalue weighted by Crippen LogP contribution is 2.36. The van der Waals surface area contributed by atoms with Gasteiger partial charge in [0.15, 0.2) is 64.4 Å². The third-order valence-corrected chi connectivity index (χ3v) is 11.8. The number of alkyl carbamates (subject to hydrolysis) is 1. The van der Waals surface area contributed by atoms with E-state index < -0.39 is 36.1 Å². The lowest BCUT2D eigenvalue weighted by Gasteiger charge is -2.34. The number of carbonyl (C=O) groups is 1. The molecule has 0 aliphatic carbocycles. The molecular formula is C55H71Cl2F8IN4O7. The highest BCUT2D eigenvalue weighted by Gasteiger charge is 2.31. The predicted molar refractivity (Wildman–Crippen MR) is 299 cm³/mol. The molecule has 0 saturated carbocycles. The van der Waals surface area contributed by atoms with Gasteiger partial charge in [0.1, 0.15) is 5.60 Å². The van der Waals surface area contributed by atoms with E-state index in [1.165, 1.54) is 42.5 Å². The summed E-state index contributed by atoms with van der Waals surface area (Å²) in [4.78, 5) is 15.7. The Morgan fingerprint density at radius 1 is 0.610 bits per heavy atom. The molecule has 2 fully saturated rings. The number of amides is 1. The van der Waals surface area contributed by atoms with Crippen molar-refractivity contribution in [1.82, 2.24) is 5.32 Å². The Morgan fingerprint density at radius 3 is 1.47 bits per heavy atom. The number of hydrogen-bond donors (Lipinski definition) is 3. The second-order valence-electron chi connectivity index (χ2n) is 17.8. The summed E-state index contributed by atoms with van der Waals surface area (Å²) < 4.78 is 129. The zero-order chi connectivity index (χ0) is 55.6. The average molecular weight is 1250 g/mol. The predicted octanol–water partition coefficient (Wildman–Crippen LogP) is 14.3. The molecule has 4 N–H and O–H groups in total. The molecule has 2 saturated heterocycles. The highest BCUT2D eigenvalue weighted by molar-refractivity contribution is 14.1. The van der Waals surface area contributed by atoms with E-state index in [0.717, 1.165) is 47.8 Å². The third kappa shape index (κ3) is 25.8. The van der Waals surface area contributed by atoms with Crippen molar-refractivity contribution >= 4 is 64.9 Å². The van der Waals surface area contributed by atoms with Gasteiger partial charge in [-0.25, -0.2) is 26.7 Å². The van der Waals surface area contributed by atoms with E-state index in [2.05, 4.69) is 10.2 Å². The number of ether oxygens (including phenoxy) is 5. The number of para-hydroxylation sites is 5. The van der Waals surface area contributed by atoms with Crippen molar-refractivity contribution in [2.24, 2.45) is 17.6 Å². The SMILES string of the molecule is CC(C)(C)OC(=O)NCC1CCN(c2cccc(F)c2OCC(F)(F)F)CC1.CCOc1c(F)cccc1I.CCOc1c(F)cccc1N1CCC(CN)CC1.CCOc1ccccc1F.Cl.Cl.Oc1ccccc1F. The fraction of sp³-hybridized carbons (Fsp3) is 0.436. The standard InChI is InChI=1S/C19H26F4N2O3.C14H21FN2O.C8H8FIO.C8H9FO.C6H5FO.2ClH/c1-18(2,3)28-17(26)24-11-13-7-9-25(10-8-13)15-6-4-5-14(20)16(15)27-12-19(21,22)23;1-2-18-14-12(15)4-3-5-13(14)17-8-6-11(10-16)7-9-17;1-2-11-8-6(9)4-3-5-7(8)10;1-2-10-8-6-4-3-5-7(8)9;7-5-3-1-2-4-6(5)8;;/h4-6,13H,7-12H2,1-3H3,(H,24,26);3-5,11H,2,6-10,16H2,1H3;3-5H,2H2,1H3;3-6H,2H2,1H3;1-4,8H;2*1H. The zero-order valence-electron chi connectivity index (χ0n) is 44.0. The summed E-state index contributed by atoms with van der Waals surface area (Å²) in [5.41, 5.74) is 6.29. The Balaban J connectivity index is 0.000000518. The van der Waals surface area contributed by atoms with Crippen molar-refractivity contribution in [1.29, 1.82) is 0 Å². The number of carbonyl (C=O) groups excluding carboxylic acids is 1. The minimum Gasteiger partial charge on any atom is -0.505 e. The summed E-state index contributed by atoms with van der Waals surface area (Å²) in [6, 6.07) is 26.0. The van der Waals surface area contributed by atoms with Crippen LogP contribution in [0.1, 0.15) is 67.2 Å². The van der Waals surface area contributed by atoms with Crippen LogP contribution in [0.4, 0.5) is 51.3 Å². The highest BCUT2D eigenvalue weighted by atomic mass is 127. The van der Waals surface area contributed by atoms with E-state index in [-0.39, 0.29) is 59.7 Å². The van der Waals surface area contributed by atoms with Crippen LogP contribution in [-0.2, 0) is 4.74 Å². The van der Waals surface area contributed by atoms with Crippen LogP contribution in [0.15, 0.2) is 103 Å². The summed E-state index contributed by atoms with van der Waals surface area (Å²) in [6.07, 6.45) is -1.49. The Morgan fingerprint density at radius 2 is 1.04 bits per heavy atom. The first-order chi connectivity index (χ1) is 35.6. The van der Waals surface area contributed by atoms with Crippen molar-refractivity contribution in [3.8, 4) is 28.7 Å². The van der Waals surface area contributed by atoms with Crippen LogP contribution in [0.5, 0.6) is 28.7 Å². The molecule has 1 amide bonds. The number of anilines is 2. The molecule has 77 heavy (non-hydrogen) atoms. The first kappa shape index (κ1) is 69.7. The van der Waals surface area contributed by atoms with Crippen LogP contribution in [0, 0.1) is 44.5 Å². The lowest BCUT2D eigenvalue weighted by molar-refractivity contribution is -0.153. The molecule has 5 aromatic rings. The van der Waals surface area contributed by atoms with Gasteiger partial charge >= 0.3 is 12.3 Å². The second kappa shape index (κ2) is 36.0. The van der Waals surface area contributed by atoms with Crippen molar-refractivity contribution in [2.45, 2.75) is 79.0 Å². The molecule has 7 rings (SSSR count). The molecule has 0 radical (unpaired) electrons. The molecule has 0 aromatic heterocycles. The maximum absolute atomic E-state index is 14.0. The molecule has 0 atom stereocenters. The fourth-order valence-electron chi connectivity index (χ4n) is 7.34. The summed E-state index contributed by atoms with van der Waals surface area (Å²) >= 11 is 2.04. The van der Waals surface area contributed by atoms with E-state index in [1.807, 2.05) is 55.5 Å². The monoisotopic (exact) mass is 1250 g/mol. The lowest BCUT2D eigenvalue weighted by atomic mass is 9.96. The van der Waals surface area contributed by atoms with Gasteiger partial charge < -0.3 is 49.6 Å². The van der Waals surface area contributed by atoms with Gasteiger partial charge in [-0.3, -0.25) is 0 Å². The minimum atomic E-state index is -4.54. The largest absolute Gasteiger partial charge is 0.505 e. The Labute approximate surface area is 473 Å². The van der Waals surface area contributed by atoms with Crippen LogP contribution in [0.3, 0.4) is 0 Å². The number of rotatable bonds is 13. The number of aromatic hydroxyl groups is 1. The van der Waals surface area contributed by atoms with E-state index in [1.54, 1.807) is 68.1 Å². The van der Waals surface area contributed by atoms with Gasteiger partial charge in [0, 0.05) is 32.7 Å². The molecule has 0 unspecified atom stereocenters. The van der Waals surface area contributed by atoms with E-state index >= 15 is 0 Å². The molecular weight excluding hydrogens is 1180 g/mol. The Hall–Kier alpha value is -5.32. The number of nitrogens with two attached hydrogens (primary N) is 1. The van der Waals surface area contributed by atoms with Gasteiger partial charge in [-0.2, -0.15) is 13.2 Å². The molecule has 0 bridgehead atoms. The van der Waals surface area contributed by atoms with Crippen LogP contribution in [-0.4, -0.2) is 88.7 Å². The maximum atomic E-state index is 14.0. The average Bonchev–Trinajstić information content (AvgIpc) is 3.37. The van der Waals surface area contributed by atoms with Crippen molar-refractivity contribution in [3.05, 3.63) is 136 Å². The first-order valence-electron chi connectivity index (χ1n) is 24.5. The number of nitrogens with one attached hydrogen (secondary N) is 1. The number of hydrogen-bond acceptors (Lipinski definition) is 10. The number of alkyl halides is 3. The van der Waals surface area contributed by atoms with Gasteiger partial charge in [0.05, 0.1) is 34.8 Å². The third-order valence-electron chi connectivity index (χ3n) is 10.9. The quantitative estimate of drug-likeness (QED) is 0.0774. The topological polar surface area (TPSA) is 128 Å². The number of piperidine rings is 2. The number of halogens is 11. The lowest BCUT2D eigenvalue weighted by Crippen LogP contribution is -2.40. The molecule has 430 valence electrons. The zero-order valence-corrected chi connectivity index (χ0v) is 47.7. The molecule has 11 nitrogen and oxygen atoms in total. The number of phenols is 1.